The number of hydrogen-bond donors (Lipinski definition) is 0. The average Bonchev–Trinajstić information content (AvgIpc) is 2.47. The van der Waals surface area contributed by atoms with Crippen LogP contribution in [0.2, 0.25) is 0 Å². The van der Waals surface area contributed by atoms with Crippen LogP contribution in [0.3, 0.4) is 0 Å². The first-order valence-electron chi connectivity index (χ1n) is 6.02. The second-order valence-corrected chi connectivity index (χ2v) is 5.53. The van der Waals surface area contributed by atoms with Crippen molar-refractivity contribution >= 4 is 40.6 Å². The van der Waals surface area contributed by atoms with Crippen LogP contribution in [0.1, 0.15) is 17.2 Å². The molecule has 2 radical (unpaired) electrons. The van der Waals surface area contributed by atoms with E-state index in [1.165, 1.54) is 7.11 Å². The fourth-order valence-corrected chi connectivity index (χ4v) is 2.93. The number of hydrogen-bond acceptors (Lipinski definition) is 4. The molecular weight excluding hydrogens is 339 g/mol. The third-order valence-corrected chi connectivity index (χ3v) is 4.14. The number of benzene rings is 1. The molecule has 1 aliphatic heterocycles. The number of methoxy groups -OCH3 is 1. The molecule has 1 atom stereocenters. The molecule has 0 fully saturated rings. The van der Waals surface area contributed by atoms with Crippen molar-refractivity contribution in [1.29, 1.82) is 0 Å². The number of esters is 1. The fraction of sp³-hybridized carbons (Fsp3) is 0.286. The number of alkyl halides is 1. The van der Waals surface area contributed by atoms with Gasteiger partial charge in [0.15, 0.2) is 0 Å². The minimum absolute atomic E-state index is 0.111. The minimum atomic E-state index is -0.390. The summed E-state index contributed by atoms with van der Waals surface area (Å²) in [6, 6.07) is 7.82. The Hall–Kier alpha value is -1.25. The predicted molar refractivity (Wildman–Crippen MR) is 79.8 cm³/mol. The van der Waals surface area contributed by atoms with E-state index in [9.17, 15) is 4.79 Å². The van der Waals surface area contributed by atoms with Gasteiger partial charge < -0.3 is 0 Å². The van der Waals surface area contributed by atoms with Crippen LogP contribution in [-0.2, 0) is 15.4 Å². The number of rotatable bonds is 3. The number of nitrogens with zero attached hydrogens (tertiary/aromatic N) is 2. The Bertz CT molecular complexity index is 586. The Labute approximate surface area is 132 Å². The van der Waals surface area contributed by atoms with Gasteiger partial charge in [-0.25, -0.2) is 0 Å². The summed E-state index contributed by atoms with van der Waals surface area (Å²) in [5.74, 6) is 0.0651. The molecule has 1 unspecified atom stereocenters. The summed E-state index contributed by atoms with van der Waals surface area (Å²) in [6.45, 7) is 0. The van der Waals surface area contributed by atoms with Crippen LogP contribution in [0.4, 0.5) is 0 Å². The van der Waals surface area contributed by atoms with E-state index in [0.29, 0.717) is 16.1 Å². The van der Waals surface area contributed by atoms with E-state index < -0.39 is 5.97 Å². The summed E-state index contributed by atoms with van der Waals surface area (Å²) in [5.41, 5.74) is 2.53. The predicted octanol–water partition coefficient (Wildman–Crippen LogP) is 1.99. The van der Waals surface area contributed by atoms with Crippen LogP contribution < -0.4 is 0 Å². The van der Waals surface area contributed by atoms with Crippen molar-refractivity contribution in [1.82, 2.24) is 4.90 Å². The van der Waals surface area contributed by atoms with Crippen molar-refractivity contribution in [2.75, 3.05) is 14.2 Å². The number of ether oxygens (including phenoxy) is 1. The third-order valence-electron chi connectivity index (χ3n) is 3.15. The van der Waals surface area contributed by atoms with E-state index in [0.717, 1.165) is 11.1 Å². The molecule has 104 valence electrons. The fourth-order valence-electron chi connectivity index (χ4n) is 2.10. The summed E-state index contributed by atoms with van der Waals surface area (Å²) in [5, 5.41) is 0. The molecule has 0 saturated carbocycles. The number of aliphatic imine (C=N–C) groups is 1. The molecular formula is C14H14AsClN2O2. The van der Waals surface area contributed by atoms with Gasteiger partial charge in [-0.05, 0) is 0 Å². The van der Waals surface area contributed by atoms with E-state index in [4.69, 9.17) is 16.3 Å². The number of likely N-dealkylation sites (N-methyl/N-ethyl adjacent to an activating group) is 1. The van der Waals surface area contributed by atoms with Crippen molar-refractivity contribution in [3.05, 3.63) is 45.6 Å². The van der Waals surface area contributed by atoms with Gasteiger partial charge in [0.2, 0.25) is 0 Å². The van der Waals surface area contributed by atoms with E-state index in [1.54, 1.807) is 0 Å². The molecule has 0 aliphatic carbocycles. The summed E-state index contributed by atoms with van der Waals surface area (Å²) in [7, 11) is 3.22. The molecule has 20 heavy (non-hydrogen) atoms. The first-order chi connectivity index (χ1) is 9.58. The van der Waals surface area contributed by atoms with Crippen molar-refractivity contribution in [2.45, 2.75) is 11.9 Å². The topological polar surface area (TPSA) is 41.9 Å². The Morgan fingerprint density at radius 3 is 2.95 bits per heavy atom. The second kappa shape index (κ2) is 6.47. The number of carbonyl (C=O) groups excluding carboxylic acids is 1. The van der Waals surface area contributed by atoms with Crippen molar-refractivity contribution in [2.24, 2.45) is 4.99 Å². The Balaban J connectivity index is 2.36. The van der Waals surface area contributed by atoms with E-state index in [2.05, 4.69) is 21.8 Å². The maximum absolute atomic E-state index is 11.9. The van der Waals surface area contributed by atoms with Crippen molar-refractivity contribution in [3.63, 3.8) is 0 Å². The Kier molecular flexibility index (Phi) is 4.90. The summed E-state index contributed by atoms with van der Waals surface area (Å²) in [4.78, 5) is 18.0. The first kappa shape index (κ1) is 15.1. The number of halogens is 1. The van der Waals surface area contributed by atoms with Gasteiger partial charge in [-0.15, -0.1) is 0 Å². The summed E-state index contributed by atoms with van der Waals surface area (Å²) in [6.07, 6.45) is 1.81. The van der Waals surface area contributed by atoms with E-state index >= 15 is 0 Å². The molecule has 1 aromatic rings. The molecule has 0 saturated heterocycles. The molecule has 0 amide bonds. The Morgan fingerprint density at radius 1 is 1.55 bits per heavy atom. The third kappa shape index (κ3) is 2.92. The normalized spacial score (nSPS) is 18.4. The van der Waals surface area contributed by atoms with Crippen molar-refractivity contribution in [3.8, 4) is 0 Å². The first-order valence-corrected chi connectivity index (χ1v) is 7.49. The zero-order valence-corrected chi connectivity index (χ0v) is 13.8. The molecule has 1 aliphatic rings. The van der Waals surface area contributed by atoms with Crippen LogP contribution in [0, 0.1) is 0 Å². The van der Waals surface area contributed by atoms with Gasteiger partial charge in [0.25, 0.3) is 0 Å². The van der Waals surface area contributed by atoms with Gasteiger partial charge in [-0.2, -0.15) is 0 Å². The second-order valence-electron chi connectivity index (χ2n) is 4.38. The van der Waals surface area contributed by atoms with Crippen LogP contribution in [0.25, 0.3) is 0 Å². The van der Waals surface area contributed by atoms with Crippen LogP contribution >= 0.6 is 11.6 Å². The van der Waals surface area contributed by atoms with Crippen molar-refractivity contribution < 1.29 is 9.53 Å². The molecule has 0 aromatic heterocycles. The standard InChI is InChI=1S/C14H14AsClN2O2/c1-18-11(10-5-3-4-9(6-10)7-16)8-17-13(15)12(18)14(19)20-2/h3-6,8,11H,7H2,1-2H3. The quantitative estimate of drug-likeness (QED) is 0.475. The van der Waals surface area contributed by atoms with E-state index in [1.807, 2.05) is 42.4 Å². The Morgan fingerprint density at radius 2 is 2.30 bits per heavy atom. The van der Waals surface area contributed by atoms with Gasteiger partial charge >= 0.3 is 132 Å². The monoisotopic (exact) mass is 352 g/mol. The number of carbonyl (C=O) groups is 1. The van der Waals surface area contributed by atoms with Crippen LogP contribution in [0.15, 0.2) is 39.4 Å². The molecule has 2 rings (SSSR count). The van der Waals surface area contributed by atoms with E-state index in [-0.39, 0.29) is 6.04 Å². The zero-order chi connectivity index (χ0) is 14.7. The molecule has 6 heteroatoms. The van der Waals surface area contributed by atoms with Gasteiger partial charge in [0.1, 0.15) is 0 Å². The molecule has 0 spiro atoms. The molecule has 1 heterocycles. The van der Waals surface area contributed by atoms with Crippen LogP contribution in [-0.4, -0.2) is 48.1 Å². The molecule has 1 aromatic carbocycles. The van der Waals surface area contributed by atoms with Gasteiger partial charge in [0.05, 0.1) is 0 Å². The van der Waals surface area contributed by atoms with Gasteiger partial charge in [-0.1, -0.05) is 0 Å². The molecule has 0 bridgehead atoms. The zero-order valence-electron chi connectivity index (χ0n) is 11.2. The maximum atomic E-state index is 11.9. The van der Waals surface area contributed by atoms with Gasteiger partial charge in [0, 0.05) is 0 Å². The van der Waals surface area contributed by atoms with Gasteiger partial charge in [-0.3, -0.25) is 0 Å². The summed E-state index contributed by atoms with van der Waals surface area (Å²) >= 11 is 8.16. The average molecular weight is 353 g/mol. The van der Waals surface area contributed by atoms with Crippen LogP contribution in [0.5, 0.6) is 0 Å². The molecule has 4 nitrogen and oxygen atoms in total. The molecule has 0 N–H and O–H groups in total. The summed E-state index contributed by atoms with van der Waals surface area (Å²) < 4.78 is 5.41. The SMILES string of the molecule is COC(=O)C1=C([As])N=CC(c2cccc(CCl)c2)N1C.